The molecular formula is C15H24BrNO3S. The van der Waals surface area contributed by atoms with Gasteiger partial charge in [-0.1, -0.05) is 26.8 Å². The summed E-state index contributed by atoms with van der Waals surface area (Å²) in [6.07, 6.45) is 0.705. The van der Waals surface area contributed by atoms with Crippen molar-refractivity contribution in [3.05, 3.63) is 28.2 Å². The number of halogens is 1. The van der Waals surface area contributed by atoms with Crippen LogP contribution in [0.25, 0.3) is 0 Å². The van der Waals surface area contributed by atoms with E-state index in [9.17, 15) is 13.5 Å². The Hall–Kier alpha value is -0.430. The Kier molecular flexibility index (Phi) is 5.64. The minimum absolute atomic E-state index is 0.0101. The molecular weight excluding hydrogens is 354 g/mol. The van der Waals surface area contributed by atoms with Crippen molar-refractivity contribution in [2.24, 2.45) is 5.41 Å². The first-order valence-corrected chi connectivity index (χ1v) is 9.07. The van der Waals surface area contributed by atoms with Crippen LogP contribution >= 0.6 is 15.9 Å². The highest BCUT2D eigenvalue weighted by Crippen LogP contribution is 2.30. The van der Waals surface area contributed by atoms with Crippen molar-refractivity contribution < 1.29 is 13.5 Å². The number of benzene rings is 1. The molecule has 6 heteroatoms. The second kappa shape index (κ2) is 6.36. The topological polar surface area (TPSA) is 66.4 Å². The van der Waals surface area contributed by atoms with Crippen LogP contribution in [0.4, 0.5) is 0 Å². The summed E-state index contributed by atoms with van der Waals surface area (Å²) in [5, 5.41) is 9.17. The van der Waals surface area contributed by atoms with E-state index in [1.54, 1.807) is 12.1 Å². The lowest BCUT2D eigenvalue weighted by molar-refractivity contribution is 0.269. The summed E-state index contributed by atoms with van der Waals surface area (Å²) >= 11 is 3.26. The summed E-state index contributed by atoms with van der Waals surface area (Å²) < 4.78 is 28.4. The zero-order valence-electron chi connectivity index (χ0n) is 13.2. The van der Waals surface area contributed by atoms with Crippen molar-refractivity contribution >= 4 is 26.0 Å². The van der Waals surface area contributed by atoms with Gasteiger partial charge in [0.1, 0.15) is 0 Å². The Bertz CT molecular complexity index is 604. The second-order valence-corrected chi connectivity index (χ2v) is 9.65. The molecule has 0 aliphatic rings. The van der Waals surface area contributed by atoms with Crippen LogP contribution in [0.2, 0.25) is 0 Å². The summed E-state index contributed by atoms with van der Waals surface area (Å²) in [6.45, 7) is 9.78. The van der Waals surface area contributed by atoms with Gasteiger partial charge in [-0.15, -0.1) is 0 Å². The lowest BCUT2D eigenvalue weighted by atomic mass is 9.82. The van der Waals surface area contributed by atoms with Gasteiger partial charge in [0.15, 0.2) is 0 Å². The van der Waals surface area contributed by atoms with Crippen LogP contribution < -0.4 is 4.72 Å². The van der Waals surface area contributed by atoms with Crippen molar-refractivity contribution in [3.8, 4) is 0 Å². The fraction of sp³-hybridized carbons (Fsp3) is 0.600. The number of hydrogen-bond donors (Lipinski definition) is 2. The van der Waals surface area contributed by atoms with Gasteiger partial charge in [-0.05, 0) is 59.3 Å². The van der Waals surface area contributed by atoms with E-state index < -0.39 is 15.6 Å². The Morgan fingerprint density at radius 2 is 1.76 bits per heavy atom. The van der Waals surface area contributed by atoms with Gasteiger partial charge in [0.2, 0.25) is 10.0 Å². The number of hydrogen-bond acceptors (Lipinski definition) is 3. The van der Waals surface area contributed by atoms with E-state index in [0.29, 0.717) is 16.5 Å². The third-order valence-corrected chi connectivity index (χ3v) is 5.54. The molecule has 0 fully saturated rings. The molecule has 0 atom stereocenters. The summed E-state index contributed by atoms with van der Waals surface area (Å²) in [4.78, 5) is 0.149. The first kappa shape index (κ1) is 18.6. The zero-order valence-corrected chi connectivity index (χ0v) is 15.6. The van der Waals surface area contributed by atoms with E-state index >= 15 is 0 Å². The molecule has 0 unspecified atom stereocenters. The molecule has 0 aromatic heterocycles. The molecule has 4 nitrogen and oxygen atoms in total. The Balaban J connectivity index is 3.12. The SMILES string of the molecule is CC(C)(C)CC(C)(C)NS(=O)(=O)c1cc(CO)ccc1Br. The zero-order chi connectivity index (χ0) is 16.5. The molecule has 2 N–H and O–H groups in total. The predicted molar refractivity (Wildman–Crippen MR) is 88.5 cm³/mol. The molecule has 0 amide bonds. The van der Waals surface area contributed by atoms with Crippen molar-refractivity contribution in [2.45, 2.75) is 58.1 Å². The van der Waals surface area contributed by atoms with E-state index in [2.05, 4.69) is 41.4 Å². The van der Waals surface area contributed by atoms with Crippen LogP contribution in [-0.2, 0) is 16.6 Å². The first-order chi connectivity index (χ1) is 9.36. The Labute approximate surface area is 136 Å². The molecule has 0 saturated carbocycles. The Morgan fingerprint density at radius 3 is 2.24 bits per heavy atom. The van der Waals surface area contributed by atoms with Gasteiger partial charge in [0.25, 0.3) is 0 Å². The maximum atomic E-state index is 12.6. The number of aliphatic hydroxyl groups is 1. The van der Waals surface area contributed by atoms with Crippen LogP contribution in [0.1, 0.15) is 46.6 Å². The maximum Gasteiger partial charge on any atom is 0.242 e. The molecule has 0 saturated heterocycles. The van der Waals surface area contributed by atoms with Crippen LogP contribution in [-0.4, -0.2) is 19.1 Å². The molecule has 0 heterocycles. The molecule has 120 valence electrons. The van der Waals surface area contributed by atoms with Gasteiger partial charge in [-0.3, -0.25) is 0 Å². The van der Waals surface area contributed by atoms with Crippen molar-refractivity contribution in [1.29, 1.82) is 0 Å². The van der Waals surface area contributed by atoms with E-state index in [1.165, 1.54) is 6.07 Å². The number of sulfonamides is 1. The van der Waals surface area contributed by atoms with Crippen LogP contribution in [0.5, 0.6) is 0 Å². The summed E-state index contributed by atoms with van der Waals surface area (Å²) in [7, 11) is -3.66. The summed E-state index contributed by atoms with van der Waals surface area (Å²) in [6, 6.07) is 4.81. The standard InChI is InChI=1S/C15H24BrNO3S/c1-14(2,3)10-15(4,5)17-21(19,20)13-8-11(9-18)6-7-12(13)16/h6-8,17-18H,9-10H2,1-5H3. The average molecular weight is 378 g/mol. The number of aliphatic hydroxyl groups excluding tert-OH is 1. The molecule has 21 heavy (non-hydrogen) atoms. The fourth-order valence-electron chi connectivity index (χ4n) is 2.63. The third kappa shape index (κ3) is 5.70. The average Bonchev–Trinajstić information content (AvgIpc) is 2.24. The summed E-state index contributed by atoms with van der Waals surface area (Å²) in [5.41, 5.74) is 0.00860. The smallest absolute Gasteiger partial charge is 0.242 e. The van der Waals surface area contributed by atoms with Gasteiger partial charge >= 0.3 is 0 Å². The van der Waals surface area contributed by atoms with Gasteiger partial charge in [-0.2, -0.15) is 0 Å². The van der Waals surface area contributed by atoms with E-state index in [4.69, 9.17) is 0 Å². The lowest BCUT2D eigenvalue weighted by Crippen LogP contribution is -2.45. The molecule has 0 aliphatic heterocycles. The molecule has 0 bridgehead atoms. The van der Waals surface area contributed by atoms with Crippen molar-refractivity contribution in [2.75, 3.05) is 0 Å². The summed E-state index contributed by atoms with van der Waals surface area (Å²) in [5.74, 6) is 0. The monoisotopic (exact) mass is 377 g/mol. The number of nitrogens with one attached hydrogen (secondary N) is 1. The van der Waals surface area contributed by atoms with E-state index in [1.807, 2.05) is 13.8 Å². The second-order valence-electron chi connectivity index (χ2n) is 7.15. The quantitative estimate of drug-likeness (QED) is 0.825. The van der Waals surface area contributed by atoms with Gasteiger partial charge in [-0.25, -0.2) is 13.1 Å². The maximum absolute atomic E-state index is 12.6. The van der Waals surface area contributed by atoms with E-state index in [-0.39, 0.29) is 16.9 Å². The lowest BCUT2D eigenvalue weighted by Gasteiger charge is -2.33. The van der Waals surface area contributed by atoms with E-state index in [0.717, 1.165) is 0 Å². The molecule has 1 aromatic carbocycles. The molecule has 1 aromatic rings. The van der Waals surface area contributed by atoms with Crippen molar-refractivity contribution in [3.63, 3.8) is 0 Å². The van der Waals surface area contributed by atoms with Crippen LogP contribution in [0.15, 0.2) is 27.6 Å². The highest BCUT2D eigenvalue weighted by Gasteiger charge is 2.31. The highest BCUT2D eigenvalue weighted by atomic mass is 79.9. The fourth-order valence-corrected chi connectivity index (χ4v) is 5.06. The first-order valence-electron chi connectivity index (χ1n) is 6.80. The van der Waals surface area contributed by atoms with Gasteiger partial charge in [0, 0.05) is 10.0 Å². The largest absolute Gasteiger partial charge is 0.392 e. The number of rotatable bonds is 5. The molecule has 0 aliphatic carbocycles. The molecule has 0 spiro atoms. The van der Waals surface area contributed by atoms with Crippen LogP contribution in [0.3, 0.4) is 0 Å². The normalized spacial score (nSPS) is 13.5. The minimum atomic E-state index is -3.66. The third-order valence-electron chi connectivity index (χ3n) is 2.85. The molecule has 1 rings (SSSR count). The molecule has 0 radical (unpaired) electrons. The van der Waals surface area contributed by atoms with Crippen molar-refractivity contribution in [1.82, 2.24) is 4.72 Å². The minimum Gasteiger partial charge on any atom is -0.392 e. The van der Waals surface area contributed by atoms with Crippen LogP contribution in [0, 0.1) is 5.41 Å². The van der Waals surface area contributed by atoms with Gasteiger partial charge < -0.3 is 5.11 Å². The highest BCUT2D eigenvalue weighted by molar-refractivity contribution is 9.10. The Morgan fingerprint density at radius 1 is 1.19 bits per heavy atom. The van der Waals surface area contributed by atoms with Gasteiger partial charge in [0.05, 0.1) is 11.5 Å². The predicted octanol–water partition coefficient (Wildman–Crippen LogP) is 3.43.